The molecule has 3 rings (SSSR count). The van der Waals surface area contributed by atoms with Gasteiger partial charge in [-0.3, -0.25) is 4.57 Å². The van der Waals surface area contributed by atoms with E-state index in [0.29, 0.717) is 11.3 Å². The number of rotatable bonds is 5. The summed E-state index contributed by atoms with van der Waals surface area (Å²) in [5, 5.41) is 0. The monoisotopic (exact) mass is 332 g/mol. The van der Waals surface area contributed by atoms with E-state index in [1.54, 1.807) is 36.4 Å². The number of ether oxygens (including phenoxy) is 1. The molecule has 0 saturated carbocycles. The Hall–Kier alpha value is -2.96. The standard InChI is InChI=1S/C17H14F2N2O3/c1-11(24-15(22)9-8-12-5-4-10-23-12)16-20-13-6-2-3-7-14(13)21(16)17(18)19/h2-11,17H,1H3/b9-8+. The van der Waals surface area contributed by atoms with Crippen LogP contribution >= 0.6 is 0 Å². The normalized spacial score (nSPS) is 13.0. The lowest BCUT2D eigenvalue weighted by Gasteiger charge is -2.14. The van der Waals surface area contributed by atoms with Gasteiger partial charge in [-0.2, -0.15) is 8.78 Å². The smallest absolute Gasteiger partial charge is 0.331 e. The first-order valence-electron chi connectivity index (χ1n) is 7.23. The Morgan fingerprint density at radius 2 is 2.08 bits per heavy atom. The summed E-state index contributed by atoms with van der Waals surface area (Å²) >= 11 is 0. The van der Waals surface area contributed by atoms with E-state index in [-0.39, 0.29) is 11.3 Å². The molecule has 0 spiro atoms. The number of imidazole rings is 1. The molecule has 0 bridgehead atoms. The minimum atomic E-state index is -2.78. The summed E-state index contributed by atoms with van der Waals surface area (Å²) in [5.41, 5.74) is 0.707. The second-order valence-corrected chi connectivity index (χ2v) is 5.03. The fourth-order valence-corrected chi connectivity index (χ4v) is 2.36. The highest BCUT2D eigenvalue weighted by Crippen LogP contribution is 2.28. The van der Waals surface area contributed by atoms with Gasteiger partial charge in [-0.25, -0.2) is 9.78 Å². The minimum Gasteiger partial charge on any atom is -0.465 e. The largest absolute Gasteiger partial charge is 0.465 e. The fourth-order valence-electron chi connectivity index (χ4n) is 2.36. The van der Waals surface area contributed by atoms with Crippen LogP contribution < -0.4 is 0 Å². The molecule has 0 N–H and O–H groups in total. The number of esters is 1. The molecule has 1 aromatic carbocycles. The molecule has 5 nitrogen and oxygen atoms in total. The van der Waals surface area contributed by atoms with Gasteiger partial charge >= 0.3 is 12.5 Å². The second kappa shape index (κ2) is 6.66. The number of benzene rings is 1. The average Bonchev–Trinajstić information content (AvgIpc) is 3.20. The number of aromatic nitrogens is 2. The van der Waals surface area contributed by atoms with Gasteiger partial charge in [0.2, 0.25) is 0 Å². The number of nitrogens with zero attached hydrogens (tertiary/aromatic N) is 2. The molecule has 0 aliphatic heterocycles. The molecule has 0 aliphatic carbocycles. The van der Waals surface area contributed by atoms with Gasteiger partial charge in [0.1, 0.15) is 5.76 Å². The van der Waals surface area contributed by atoms with Gasteiger partial charge in [-0.05, 0) is 37.3 Å². The molecule has 7 heteroatoms. The maximum absolute atomic E-state index is 13.4. The summed E-state index contributed by atoms with van der Waals surface area (Å²) in [6, 6.07) is 9.88. The number of alkyl halides is 2. The van der Waals surface area contributed by atoms with E-state index in [1.807, 2.05) is 0 Å². The lowest BCUT2D eigenvalue weighted by molar-refractivity contribution is -0.143. The van der Waals surface area contributed by atoms with E-state index < -0.39 is 18.6 Å². The molecular weight excluding hydrogens is 318 g/mol. The molecule has 0 saturated heterocycles. The number of furan rings is 1. The number of carbonyl (C=O) groups is 1. The highest BCUT2D eigenvalue weighted by Gasteiger charge is 2.23. The SMILES string of the molecule is CC(OC(=O)/C=C/c1ccco1)c1nc2ccccc2n1C(F)F. The lowest BCUT2D eigenvalue weighted by atomic mass is 10.3. The number of hydrogen-bond donors (Lipinski definition) is 0. The summed E-state index contributed by atoms with van der Waals surface area (Å²) in [5.74, 6) is -0.197. The summed E-state index contributed by atoms with van der Waals surface area (Å²) in [6.45, 7) is -1.29. The van der Waals surface area contributed by atoms with E-state index in [0.717, 1.165) is 4.57 Å². The summed E-state index contributed by atoms with van der Waals surface area (Å²) in [6.07, 6.45) is 3.15. The first kappa shape index (κ1) is 15.9. The van der Waals surface area contributed by atoms with Gasteiger partial charge in [0, 0.05) is 6.08 Å². The van der Waals surface area contributed by atoms with Crippen LogP contribution in [0.2, 0.25) is 0 Å². The van der Waals surface area contributed by atoms with E-state index in [2.05, 4.69) is 4.98 Å². The van der Waals surface area contributed by atoms with Crippen molar-refractivity contribution in [3.8, 4) is 0 Å². The van der Waals surface area contributed by atoms with Crippen molar-refractivity contribution in [3.63, 3.8) is 0 Å². The van der Waals surface area contributed by atoms with Gasteiger partial charge in [0.15, 0.2) is 11.9 Å². The third kappa shape index (κ3) is 3.19. The quantitative estimate of drug-likeness (QED) is 0.515. The second-order valence-electron chi connectivity index (χ2n) is 5.03. The topological polar surface area (TPSA) is 57.3 Å². The molecule has 0 radical (unpaired) electrons. The van der Waals surface area contributed by atoms with Crippen LogP contribution in [0, 0.1) is 0 Å². The first-order valence-corrected chi connectivity index (χ1v) is 7.23. The molecule has 2 aromatic heterocycles. The van der Waals surface area contributed by atoms with Gasteiger partial charge < -0.3 is 9.15 Å². The maximum Gasteiger partial charge on any atom is 0.331 e. The third-order valence-electron chi connectivity index (χ3n) is 3.40. The molecule has 124 valence electrons. The molecule has 1 atom stereocenters. The Balaban J connectivity index is 1.82. The number of fused-ring (bicyclic) bond motifs is 1. The molecule has 1 unspecified atom stereocenters. The Morgan fingerprint density at radius 3 is 2.79 bits per heavy atom. The van der Waals surface area contributed by atoms with Crippen molar-refractivity contribution in [1.82, 2.24) is 9.55 Å². The lowest BCUT2D eigenvalue weighted by Crippen LogP contribution is -2.13. The zero-order valence-electron chi connectivity index (χ0n) is 12.7. The van der Waals surface area contributed by atoms with E-state index in [4.69, 9.17) is 9.15 Å². The molecule has 2 heterocycles. The van der Waals surface area contributed by atoms with Crippen LogP contribution in [0.25, 0.3) is 17.1 Å². The third-order valence-corrected chi connectivity index (χ3v) is 3.40. The number of para-hydroxylation sites is 2. The van der Waals surface area contributed by atoms with Crippen molar-refractivity contribution in [3.05, 3.63) is 60.3 Å². The zero-order chi connectivity index (χ0) is 17.1. The zero-order valence-corrected chi connectivity index (χ0v) is 12.7. The van der Waals surface area contributed by atoms with Crippen LogP contribution in [0.3, 0.4) is 0 Å². The van der Waals surface area contributed by atoms with E-state index >= 15 is 0 Å². The molecule has 3 aromatic rings. The Morgan fingerprint density at radius 1 is 1.29 bits per heavy atom. The predicted molar refractivity (Wildman–Crippen MR) is 83.2 cm³/mol. The Labute approximate surface area is 136 Å². The number of hydrogen-bond acceptors (Lipinski definition) is 4. The van der Waals surface area contributed by atoms with Gasteiger partial charge in [-0.1, -0.05) is 12.1 Å². The Bertz CT molecular complexity index is 869. The molecule has 24 heavy (non-hydrogen) atoms. The maximum atomic E-state index is 13.4. The minimum absolute atomic E-state index is 0.00838. The highest BCUT2D eigenvalue weighted by atomic mass is 19.3. The van der Waals surface area contributed by atoms with E-state index in [1.165, 1.54) is 25.3 Å². The van der Waals surface area contributed by atoms with Gasteiger partial charge in [0.05, 0.1) is 17.3 Å². The average molecular weight is 332 g/mol. The van der Waals surface area contributed by atoms with Crippen LogP contribution in [0.1, 0.15) is 31.2 Å². The summed E-state index contributed by atoms with van der Waals surface area (Å²) < 4.78 is 37.7. The van der Waals surface area contributed by atoms with Crippen LogP contribution in [-0.2, 0) is 9.53 Å². The van der Waals surface area contributed by atoms with Crippen molar-refractivity contribution in [2.45, 2.75) is 19.6 Å². The van der Waals surface area contributed by atoms with Crippen molar-refractivity contribution in [2.75, 3.05) is 0 Å². The van der Waals surface area contributed by atoms with Crippen LogP contribution in [0.5, 0.6) is 0 Å². The molecule has 0 amide bonds. The van der Waals surface area contributed by atoms with Gasteiger partial charge in [-0.15, -0.1) is 0 Å². The summed E-state index contributed by atoms with van der Waals surface area (Å²) in [7, 11) is 0. The van der Waals surface area contributed by atoms with E-state index in [9.17, 15) is 13.6 Å². The van der Waals surface area contributed by atoms with Crippen molar-refractivity contribution < 1.29 is 22.7 Å². The summed E-state index contributed by atoms with van der Waals surface area (Å²) in [4.78, 5) is 16.0. The molecule has 0 aliphatic rings. The highest BCUT2D eigenvalue weighted by molar-refractivity contribution is 5.86. The predicted octanol–water partition coefficient (Wildman–Crippen LogP) is 4.34. The first-order chi connectivity index (χ1) is 11.6. The van der Waals surface area contributed by atoms with Crippen LogP contribution in [0.15, 0.2) is 53.2 Å². The van der Waals surface area contributed by atoms with Gasteiger partial charge in [0.25, 0.3) is 0 Å². The van der Waals surface area contributed by atoms with Crippen LogP contribution in [0.4, 0.5) is 8.78 Å². The molecular formula is C17H14F2N2O3. The molecule has 0 fully saturated rings. The van der Waals surface area contributed by atoms with Crippen molar-refractivity contribution in [2.24, 2.45) is 0 Å². The number of halogens is 2. The Kier molecular flexibility index (Phi) is 4.41. The van der Waals surface area contributed by atoms with Crippen molar-refractivity contribution >= 4 is 23.1 Å². The fraction of sp³-hybridized carbons (Fsp3) is 0.176. The van der Waals surface area contributed by atoms with Crippen molar-refractivity contribution in [1.29, 1.82) is 0 Å². The number of carbonyl (C=O) groups excluding carboxylic acids is 1. The van der Waals surface area contributed by atoms with Crippen LogP contribution in [-0.4, -0.2) is 15.5 Å².